The lowest BCUT2D eigenvalue weighted by molar-refractivity contribution is 0.125. The Morgan fingerprint density at radius 2 is 2.25 bits per heavy atom. The van der Waals surface area contributed by atoms with Gasteiger partial charge in [0.1, 0.15) is 0 Å². The molecule has 0 bridgehead atoms. The van der Waals surface area contributed by atoms with Crippen molar-refractivity contribution in [2.75, 3.05) is 39.2 Å². The largest absolute Gasteiger partial charge is 0.380 e. The molecule has 3 heteroatoms. The minimum Gasteiger partial charge on any atom is -0.380 e. The number of likely N-dealkylation sites (N-methyl/N-ethyl adjacent to an activating group) is 1. The van der Waals surface area contributed by atoms with Crippen LogP contribution in [0.5, 0.6) is 0 Å². The molecule has 0 amide bonds. The van der Waals surface area contributed by atoms with Gasteiger partial charge in [0.25, 0.3) is 0 Å². The quantitative estimate of drug-likeness (QED) is 0.346. The van der Waals surface area contributed by atoms with Crippen LogP contribution in [0.2, 0.25) is 0 Å². The smallest absolute Gasteiger partial charge is 0.0593 e. The van der Waals surface area contributed by atoms with Crippen molar-refractivity contribution in [1.82, 2.24) is 4.90 Å². The van der Waals surface area contributed by atoms with Crippen LogP contribution in [-0.4, -0.2) is 44.1 Å². The van der Waals surface area contributed by atoms with Crippen LogP contribution in [0.4, 0.5) is 0 Å². The summed E-state index contributed by atoms with van der Waals surface area (Å²) >= 11 is 5.60. The lowest BCUT2D eigenvalue weighted by Crippen LogP contribution is -2.25. The number of halogens is 1. The SMILES string of the molecule is C=C(CCl)CN(C)CCOCC. The Balaban J connectivity index is 3.32. The highest BCUT2D eigenvalue weighted by molar-refractivity contribution is 6.19. The van der Waals surface area contributed by atoms with Crippen molar-refractivity contribution >= 4 is 11.6 Å². The van der Waals surface area contributed by atoms with Crippen molar-refractivity contribution in [3.8, 4) is 0 Å². The molecular weight excluding hydrogens is 174 g/mol. The van der Waals surface area contributed by atoms with E-state index in [-0.39, 0.29) is 0 Å². The Bertz CT molecular complexity index is 128. The lowest BCUT2D eigenvalue weighted by Gasteiger charge is -2.16. The summed E-state index contributed by atoms with van der Waals surface area (Å²) < 4.78 is 5.22. The maximum Gasteiger partial charge on any atom is 0.0593 e. The van der Waals surface area contributed by atoms with Crippen LogP contribution in [0.3, 0.4) is 0 Å². The number of hydrogen-bond donors (Lipinski definition) is 0. The molecule has 0 aliphatic rings. The van der Waals surface area contributed by atoms with Gasteiger partial charge in [-0.15, -0.1) is 11.6 Å². The first-order chi connectivity index (χ1) is 5.70. The molecule has 0 aliphatic carbocycles. The van der Waals surface area contributed by atoms with Gasteiger partial charge in [0.15, 0.2) is 0 Å². The van der Waals surface area contributed by atoms with Crippen LogP contribution in [-0.2, 0) is 4.74 Å². The zero-order valence-electron chi connectivity index (χ0n) is 7.98. The molecule has 0 rings (SSSR count). The Labute approximate surface area is 80.1 Å². The highest BCUT2D eigenvalue weighted by Crippen LogP contribution is 1.96. The lowest BCUT2D eigenvalue weighted by atomic mass is 10.3. The highest BCUT2D eigenvalue weighted by Gasteiger charge is 1.99. The summed E-state index contributed by atoms with van der Waals surface area (Å²) in [5.74, 6) is 0.541. The highest BCUT2D eigenvalue weighted by atomic mass is 35.5. The molecule has 0 aromatic rings. The van der Waals surface area contributed by atoms with Gasteiger partial charge in [-0.25, -0.2) is 0 Å². The third-order valence-corrected chi connectivity index (χ3v) is 1.88. The molecule has 0 fully saturated rings. The summed E-state index contributed by atoms with van der Waals surface area (Å²) in [5.41, 5.74) is 1.05. The molecule has 0 aromatic carbocycles. The fourth-order valence-corrected chi connectivity index (χ4v) is 0.952. The van der Waals surface area contributed by atoms with Gasteiger partial charge in [-0.05, 0) is 19.5 Å². The van der Waals surface area contributed by atoms with Crippen LogP contribution < -0.4 is 0 Å². The van der Waals surface area contributed by atoms with E-state index in [2.05, 4.69) is 11.5 Å². The van der Waals surface area contributed by atoms with Gasteiger partial charge in [0, 0.05) is 25.6 Å². The second kappa shape index (κ2) is 7.59. The summed E-state index contributed by atoms with van der Waals surface area (Å²) in [4.78, 5) is 2.15. The first-order valence-corrected chi connectivity index (χ1v) is 4.73. The predicted molar refractivity (Wildman–Crippen MR) is 53.9 cm³/mol. The van der Waals surface area contributed by atoms with Crippen LogP contribution in [0.1, 0.15) is 6.92 Å². The molecule has 0 heterocycles. The molecule has 2 nitrogen and oxygen atoms in total. The third-order valence-electron chi connectivity index (χ3n) is 1.50. The predicted octanol–water partition coefficient (Wildman–Crippen LogP) is 1.75. The Morgan fingerprint density at radius 3 is 2.75 bits per heavy atom. The monoisotopic (exact) mass is 191 g/mol. The molecular formula is C9H18ClNO. The Morgan fingerprint density at radius 1 is 1.58 bits per heavy atom. The van der Waals surface area contributed by atoms with Crippen molar-refractivity contribution < 1.29 is 4.74 Å². The summed E-state index contributed by atoms with van der Waals surface area (Å²) in [6, 6.07) is 0. The van der Waals surface area contributed by atoms with Gasteiger partial charge in [-0.3, -0.25) is 0 Å². The maximum absolute atomic E-state index is 5.60. The number of nitrogens with zero attached hydrogens (tertiary/aromatic N) is 1. The van der Waals surface area contributed by atoms with Crippen molar-refractivity contribution in [3.63, 3.8) is 0 Å². The van der Waals surface area contributed by atoms with Crippen LogP contribution in [0, 0.1) is 0 Å². The molecule has 0 radical (unpaired) electrons. The van der Waals surface area contributed by atoms with Gasteiger partial charge in [0.05, 0.1) is 6.61 Å². The zero-order valence-corrected chi connectivity index (χ0v) is 8.73. The third kappa shape index (κ3) is 6.65. The first kappa shape index (κ1) is 11.9. The van der Waals surface area contributed by atoms with Crippen molar-refractivity contribution in [2.45, 2.75) is 6.92 Å². The average molecular weight is 192 g/mol. The van der Waals surface area contributed by atoms with E-state index >= 15 is 0 Å². The fourth-order valence-electron chi connectivity index (χ4n) is 0.868. The fraction of sp³-hybridized carbons (Fsp3) is 0.778. The van der Waals surface area contributed by atoms with Crippen LogP contribution in [0.15, 0.2) is 12.2 Å². The van der Waals surface area contributed by atoms with Crippen molar-refractivity contribution in [2.24, 2.45) is 0 Å². The molecule has 12 heavy (non-hydrogen) atoms. The number of alkyl halides is 1. The van der Waals surface area contributed by atoms with E-state index in [4.69, 9.17) is 16.3 Å². The van der Waals surface area contributed by atoms with E-state index in [0.29, 0.717) is 5.88 Å². The van der Waals surface area contributed by atoms with Gasteiger partial charge in [0.2, 0.25) is 0 Å². The topological polar surface area (TPSA) is 12.5 Å². The van der Waals surface area contributed by atoms with Crippen molar-refractivity contribution in [3.05, 3.63) is 12.2 Å². The molecule has 0 saturated heterocycles. The molecule has 0 atom stereocenters. The second-order valence-corrected chi connectivity index (χ2v) is 3.09. The first-order valence-electron chi connectivity index (χ1n) is 4.19. The molecule has 0 saturated carbocycles. The number of rotatable bonds is 7. The summed E-state index contributed by atoms with van der Waals surface area (Å²) in [6.07, 6.45) is 0. The molecule has 0 spiro atoms. The molecule has 0 aromatic heterocycles. The van der Waals surface area contributed by atoms with Crippen LogP contribution in [0.25, 0.3) is 0 Å². The summed E-state index contributed by atoms with van der Waals surface area (Å²) in [6.45, 7) is 9.18. The van der Waals surface area contributed by atoms with E-state index in [9.17, 15) is 0 Å². The molecule has 0 N–H and O–H groups in total. The minimum absolute atomic E-state index is 0.541. The second-order valence-electron chi connectivity index (χ2n) is 2.82. The summed E-state index contributed by atoms with van der Waals surface area (Å²) in [5, 5.41) is 0. The zero-order chi connectivity index (χ0) is 9.40. The van der Waals surface area contributed by atoms with E-state index in [1.807, 2.05) is 14.0 Å². The normalized spacial score (nSPS) is 10.7. The molecule has 0 aliphatic heterocycles. The standard InChI is InChI=1S/C9H18ClNO/c1-4-12-6-5-11(3)8-9(2)7-10/h2,4-8H2,1,3H3. The van der Waals surface area contributed by atoms with E-state index < -0.39 is 0 Å². The van der Waals surface area contributed by atoms with Gasteiger partial charge >= 0.3 is 0 Å². The van der Waals surface area contributed by atoms with E-state index in [1.165, 1.54) is 0 Å². The maximum atomic E-state index is 5.60. The Hall–Kier alpha value is -0.0500. The average Bonchev–Trinajstić information content (AvgIpc) is 2.05. The number of hydrogen-bond acceptors (Lipinski definition) is 2. The molecule has 72 valence electrons. The van der Waals surface area contributed by atoms with Gasteiger partial charge < -0.3 is 9.64 Å². The van der Waals surface area contributed by atoms with Crippen molar-refractivity contribution in [1.29, 1.82) is 0 Å². The van der Waals surface area contributed by atoms with E-state index in [0.717, 1.165) is 31.9 Å². The molecule has 0 unspecified atom stereocenters. The summed E-state index contributed by atoms with van der Waals surface area (Å²) in [7, 11) is 2.04. The van der Waals surface area contributed by atoms with Gasteiger partial charge in [-0.1, -0.05) is 6.58 Å². The van der Waals surface area contributed by atoms with Crippen LogP contribution >= 0.6 is 11.6 Å². The van der Waals surface area contributed by atoms with E-state index in [1.54, 1.807) is 0 Å². The van der Waals surface area contributed by atoms with Gasteiger partial charge in [-0.2, -0.15) is 0 Å². The Kier molecular flexibility index (Phi) is 7.56. The number of ether oxygens (including phenoxy) is 1. The minimum atomic E-state index is 0.541.